The van der Waals surface area contributed by atoms with Crippen LogP contribution in [0.5, 0.6) is 0 Å². The highest BCUT2D eigenvalue weighted by Gasteiger charge is 2.24. The van der Waals surface area contributed by atoms with Gasteiger partial charge in [-0.1, -0.05) is 12.2 Å². The van der Waals surface area contributed by atoms with Crippen LogP contribution in [0.15, 0.2) is 30.5 Å². The lowest BCUT2D eigenvalue weighted by Gasteiger charge is -2.35. The number of nitrogens with zero attached hydrogens (tertiary/aromatic N) is 4. The van der Waals surface area contributed by atoms with Crippen LogP contribution in [0, 0.1) is 17.2 Å². The van der Waals surface area contributed by atoms with Crippen LogP contribution in [-0.2, 0) is 4.79 Å². The summed E-state index contributed by atoms with van der Waals surface area (Å²) >= 11 is 0. The van der Waals surface area contributed by atoms with Crippen molar-refractivity contribution >= 4 is 11.7 Å². The minimum atomic E-state index is 0.259. The molecule has 1 amide bonds. The Morgan fingerprint density at radius 3 is 2.86 bits per heavy atom. The van der Waals surface area contributed by atoms with E-state index in [0.29, 0.717) is 17.9 Å². The maximum Gasteiger partial charge on any atom is 0.223 e. The number of anilines is 1. The Hall–Kier alpha value is -2.35. The molecule has 2 heterocycles. The highest BCUT2D eigenvalue weighted by Crippen LogP contribution is 2.22. The number of rotatable bonds is 3. The van der Waals surface area contributed by atoms with Gasteiger partial charge in [-0.05, 0) is 30.9 Å². The van der Waals surface area contributed by atoms with Gasteiger partial charge in [-0.25, -0.2) is 4.98 Å². The predicted molar refractivity (Wildman–Crippen MR) is 84.2 cm³/mol. The van der Waals surface area contributed by atoms with Gasteiger partial charge in [0.25, 0.3) is 0 Å². The van der Waals surface area contributed by atoms with Gasteiger partial charge in [0.05, 0.1) is 11.6 Å². The zero-order valence-corrected chi connectivity index (χ0v) is 12.6. The fourth-order valence-electron chi connectivity index (χ4n) is 3.06. The van der Waals surface area contributed by atoms with Gasteiger partial charge in [-0.15, -0.1) is 0 Å². The molecule has 1 unspecified atom stereocenters. The molecule has 1 aliphatic carbocycles. The van der Waals surface area contributed by atoms with Gasteiger partial charge < -0.3 is 9.80 Å². The second kappa shape index (κ2) is 6.61. The summed E-state index contributed by atoms with van der Waals surface area (Å²) in [5.41, 5.74) is 0.622. The third-order valence-corrected chi connectivity index (χ3v) is 4.38. The quantitative estimate of drug-likeness (QED) is 0.800. The summed E-state index contributed by atoms with van der Waals surface area (Å²) in [5, 5.41) is 8.96. The number of pyridine rings is 1. The molecule has 114 valence electrons. The second-order valence-corrected chi connectivity index (χ2v) is 5.85. The van der Waals surface area contributed by atoms with Crippen LogP contribution in [0.1, 0.15) is 24.8 Å². The number of aromatic nitrogens is 1. The molecule has 5 heteroatoms. The first-order valence-electron chi connectivity index (χ1n) is 7.82. The van der Waals surface area contributed by atoms with Crippen molar-refractivity contribution in [1.29, 1.82) is 5.26 Å². The lowest BCUT2D eigenvalue weighted by Crippen LogP contribution is -2.49. The maximum absolute atomic E-state index is 12.3. The van der Waals surface area contributed by atoms with Crippen molar-refractivity contribution in [3.8, 4) is 6.07 Å². The van der Waals surface area contributed by atoms with E-state index in [1.807, 2.05) is 4.90 Å². The normalized spacial score (nSPS) is 21.0. The van der Waals surface area contributed by atoms with Crippen molar-refractivity contribution in [2.75, 3.05) is 31.1 Å². The number of carbonyl (C=O) groups excluding carboxylic acids is 1. The average molecular weight is 296 g/mol. The van der Waals surface area contributed by atoms with E-state index in [2.05, 4.69) is 28.1 Å². The molecule has 0 bridgehead atoms. The van der Waals surface area contributed by atoms with Gasteiger partial charge in [-0.3, -0.25) is 4.79 Å². The lowest BCUT2D eigenvalue weighted by molar-refractivity contribution is -0.132. The number of allylic oxidation sites excluding steroid dienone is 2. The van der Waals surface area contributed by atoms with Gasteiger partial charge in [0, 0.05) is 38.8 Å². The molecule has 1 aromatic heterocycles. The molecule has 0 spiro atoms. The van der Waals surface area contributed by atoms with Gasteiger partial charge >= 0.3 is 0 Å². The fourth-order valence-corrected chi connectivity index (χ4v) is 3.06. The standard InChI is InChI=1S/C17H20N4O/c18-13-15-5-6-19-16(11-15)20-7-9-21(10-8-20)17(22)12-14-3-1-2-4-14/h1,3,5-6,11,14H,2,4,7-10,12H2. The number of hydrogen-bond donors (Lipinski definition) is 0. The van der Waals surface area contributed by atoms with Crippen LogP contribution in [0.4, 0.5) is 5.82 Å². The van der Waals surface area contributed by atoms with Crippen LogP contribution in [0.2, 0.25) is 0 Å². The van der Waals surface area contributed by atoms with Gasteiger partial charge in [0.2, 0.25) is 5.91 Å². The molecule has 1 aliphatic heterocycles. The maximum atomic E-state index is 12.3. The van der Waals surface area contributed by atoms with E-state index in [4.69, 9.17) is 5.26 Å². The van der Waals surface area contributed by atoms with Crippen molar-refractivity contribution in [1.82, 2.24) is 9.88 Å². The van der Waals surface area contributed by atoms with Crippen molar-refractivity contribution in [3.05, 3.63) is 36.0 Å². The van der Waals surface area contributed by atoms with Crippen LogP contribution < -0.4 is 4.90 Å². The Morgan fingerprint density at radius 1 is 1.36 bits per heavy atom. The zero-order chi connectivity index (χ0) is 15.4. The summed E-state index contributed by atoms with van der Waals surface area (Å²) in [7, 11) is 0. The van der Waals surface area contributed by atoms with Gasteiger partial charge in [0.1, 0.15) is 5.82 Å². The second-order valence-electron chi connectivity index (χ2n) is 5.85. The summed E-state index contributed by atoms with van der Waals surface area (Å²) in [6, 6.07) is 5.65. The molecule has 1 atom stereocenters. The highest BCUT2D eigenvalue weighted by molar-refractivity contribution is 5.77. The number of nitriles is 1. The van der Waals surface area contributed by atoms with Crippen LogP contribution >= 0.6 is 0 Å². The molecule has 0 saturated carbocycles. The minimum Gasteiger partial charge on any atom is -0.353 e. The summed E-state index contributed by atoms with van der Waals surface area (Å²) in [5.74, 6) is 1.51. The van der Waals surface area contributed by atoms with E-state index >= 15 is 0 Å². The number of hydrogen-bond acceptors (Lipinski definition) is 4. The first-order valence-corrected chi connectivity index (χ1v) is 7.82. The Kier molecular flexibility index (Phi) is 4.38. The molecule has 3 rings (SSSR count). The third-order valence-electron chi connectivity index (χ3n) is 4.38. The molecule has 1 saturated heterocycles. The minimum absolute atomic E-state index is 0.259. The number of amides is 1. The molecule has 2 aliphatic rings. The molecule has 1 fully saturated rings. The molecule has 1 aromatic rings. The topological polar surface area (TPSA) is 60.2 Å². The molecule has 5 nitrogen and oxygen atoms in total. The summed E-state index contributed by atoms with van der Waals surface area (Å²) < 4.78 is 0. The van der Waals surface area contributed by atoms with Crippen LogP contribution in [0.3, 0.4) is 0 Å². The molecular formula is C17H20N4O. The first kappa shape index (κ1) is 14.6. The van der Waals surface area contributed by atoms with E-state index in [9.17, 15) is 4.79 Å². The Balaban J connectivity index is 1.54. The van der Waals surface area contributed by atoms with Crippen LogP contribution in [-0.4, -0.2) is 42.0 Å². The third kappa shape index (κ3) is 3.28. The number of carbonyl (C=O) groups is 1. The summed E-state index contributed by atoms with van der Waals surface area (Å²) in [4.78, 5) is 20.7. The Bertz CT molecular complexity index is 611. The summed E-state index contributed by atoms with van der Waals surface area (Å²) in [6.07, 6.45) is 8.86. The van der Waals surface area contributed by atoms with E-state index in [1.165, 1.54) is 0 Å². The zero-order valence-electron chi connectivity index (χ0n) is 12.6. The van der Waals surface area contributed by atoms with Crippen molar-refractivity contribution in [3.63, 3.8) is 0 Å². The molecule has 0 aromatic carbocycles. The van der Waals surface area contributed by atoms with Crippen molar-refractivity contribution < 1.29 is 4.79 Å². The average Bonchev–Trinajstić information content (AvgIpc) is 3.08. The number of piperazine rings is 1. The van der Waals surface area contributed by atoms with Gasteiger partial charge in [-0.2, -0.15) is 5.26 Å². The largest absolute Gasteiger partial charge is 0.353 e. The van der Waals surface area contributed by atoms with E-state index < -0.39 is 0 Å². The molecular weight excluding hydrogens is 276 g/mol. The van der Waals surface area contributed by atoms with Crippen molar-refractivity contribution in [2.24, 2.45) is 5.92 Å². The molecule has 22 heavy (non-hydrogen) atoms. The molecule has 0 radical (unpaired) electrons. The fraction of sp³-hybridized carbons (Fsp3) is 0.471. The monoisotopic (exact) mass is 296 g/mol. The van der Waals surface area contributed by atoms with E-state index in [-0.39, 0.29) is 5.91 Å². The van der Waals surface area contributed by atoms with Gasteiger partial charge in [0.15, 0.2) is 0 Å². The SMILES string of the molecule is N#Cc1ccnc(N2CCN(C(=O)CC3C=CCC3)CC2)c1. The Labute approximate surface area is 130 Å². The van der Waals surface area contributed by atoms with E-state index in [0.717, 1.165) is 44.8 Å². The van der Waals surface area contributed by atoms with E-state index in [1.54, 1.807) is 18.3 Å². The summed E-state index contributed by atoms with van der Waals surface area (Å²) in [6.45, 7) is 3.00. The smallest absolute Gasteiger partial charge is 0.223 e. The van der Waals surface area contributed by atoms with Crippen LogP contribution in [0.25, 0.3) is 0 Å². The predicted octanol–water partition coefficient (Wildman–Crippen LogP) is 1.96. The highest BCUT2D eigenvalue weighted by atomic mass is 16.2. The lowest BCUT2D eigenvalue weighted by atomic mass is 10.0. The molecule has 0 N–H and O–H groups in total. The van der Waals surface area contributed by atoms with Crippen molar-refractivity contribution in [2.45, 2.75) is 19.3 Å². The Morgan fingerprint density at radius 2 is 2.18 bits per heavy atom. The first-order chi connectivity index (χ1) is 10.8.